The highest BCUT2D eigenvalue weighted by Crippen LogP contribution is 2.57. The highest BCUT2D eigenvalue weighted by molar-refractivity contribution is 8.44. The zero-order valence-corrected chi connectivity index (χ0v) is 25.3. The fourth-order valence-corrected chi connectivity index (χ4v) is 7.97. The Kier molecular flexibility index (Phi) is 7.50. The third kappa shape index (κ3) is 5.11. The largest absolute Gasteiger partial charge is 0.386 e. The molecule has 0 aromatic carbocycles. The van der Waals surface area contributed by atoms with Crippen molar-refractivity contribution < 1.29 is 41.1 Å². The van der Waals surface area contributed by atoms with Crippen molar-refractivity contribution in [3.05, 3.63) is 29.3 Å². The molecule has 0 spiro atoms. The van der Waals surface area contributed by atoms with Gasteiger partial charge in [0.05, 0.1) is 25.9 Å². The Bertz CT molecular complexity index is 1880. The lowest BCUT2D eigenvalue weighted by Gasteiger charge is -2.26. The summed E-state index contributed by atoms with van der Waals surface area (Å²) in [5.74, 6) is -0.604. The molecule has 3 aliphatic heterocycles. The van der Waals surface area contributed by atoms with Crippen molar-refractivity contribution in [1.82, 2.24) is 39.0 Å². The van der Waals surface area contributed by atoms with Gasteiger partial charge in [0.25, 0.3) is 5.56 Å². The van der Waals surface area contributed by atoms with Crippen LogP contribution in [0.25, 0.3) is 22.3 Å². The third-order valence-corrected chi connectivity index (χ3v) is 10.0. The molecule has 0 aliphatic carbocycles. The summed E-state index contributed by atoms with van der Waals surface area (Å²) >= 11 is 4.06. The van der Waals surface area contributed by atoms with E-state index in [1.807, 2.05) is 0 Å². The minimum atomic E-state index is -4.27. The molecule has 0 amide bonds. The molecule has 7 rings (SSSR count). The van der Waals surface area contributed by atoms with Gasteiger partial charge >= 0.3 is 15.1 Å². The number of aromatic amines is 1. The number of H-pyrrole nitrogens is 1. The third-order valence-electron chi connectivity index (χ3n) is 7.56. The molecule has 3 saturated heterocycles. The van der Waals surface area contributed by atoms with E-state index >= 15 is 4.39 Å². The molecule has 5 N–H and O–H groups in total. The normalized spacial score (nSPS) is 36.6. The first-order chi connectivity index (χ1) is 21.0. The number of imidazole rings is 2. The van der Waals surface area contributed by atoms with Gasteiger partial charge in [-0.1, -0.05) is 19.2 Å². The van der Waals surface area contributed by atoms with Crippen LogP contribution < -0.4 is 17.0 Å². The van der Waals surface area contributed by atoms with E-state index < -0.39 is 82.8 Å². The topological polar surface area (TPSA) is 249 Å². The van der Waals surface area contributed by atoms with Crippen LogP contribution >= 0.6 is 27.3 Å². The number of fused-ring (bicyclic) bond motifs is 4. The van der Waals surface area contributed by atoms with Crippen LogP contribution in [0.15, 0.2) is 23.8 Å². The molecular weight excluding hydrogens is 649 g/mol. The van der Waals surface area contributed by atoms with Gasteiger partial charge in [-0.3, -0.25) is 32.5 Å². The lowest BCUT2D eigenvalue weighted by molar-refractivity contribution is -0.0537. The number of halogens is 1. The van der Waals surface area contributed by atoms with Crippen LogP contribution in [0.3, 0.4) is 0 Å². The van der Waals surface area contributed by atoms with Gasteiger partial charge in [-0.25, -0.2) is 28.9 Å². The average Bonchev–Trinajstić information content (AvgIpc) is 3.72. The number of hydrogen-bond donors (Lipinski definition) is 4. The number of aromatic nitrogens is 8. The van der Waals surface area contributed by atoms with Crippen LogP contribution in [0, 0.1) is 5.92 Å². The lowest BCUT2D eigenvalue weighted by atomic mass is 10.0. The Labute approximate surface area is 251 Å². The first-order valence-corrected chi connectivity index (χ1v) is 17.0. The standard InChI is InChI=1S/C21H25FN10O9P2S/c1-7-13-9(38-19(7)32-6-28-12-17(32)29-21(24)30-18(12)33)3-37-43(35,44)41-14-8(2-36-42(34)40-13)39-20(10(14)22)31-5-27-11-15(23)25-4-26-16(11)31/h4-10,13-14,19-20,42H,2-3H2,1H3,(H,35,44)(H2,23,25,26)(H3,24,29,30,33)/t7-,8-,9-,10-,13+,14-,19-,20-,43-/m1/s1. The number of anilines is 2. The predicted octanol–water partition coefficient (Wildman–Crippen LogP) is 1.14. The molecule has 3 fully saturated rings. The monoisotopic (exact) mass is 674 g/mol. The molecule has 4 aromatic rings. The van der Waals surface area contributed by atoms with Crippen molar-refractivity contribution in [2.45, 2.75) is 50.0 Å². The Hall–Kier alpha value is -3.00. The molecule has 0 bridgehead atoms. The van der Waals surface area contributed by atoms with Crippen LogP contribution in [0.5, 0.6) is 0 Å². The molecule has 0 saturated carbocycles. The maximum atomic E-state index is 15.9. The second kappa shape index (κ2) is 11.1. The van der Waals surface area contributed by atoms with E-state index in [0.717, 1.165) is 0 Å². The maximum absolute atomic E-state index is 15.9. The van der Waals surface area contributed by atoms with Gasteiger partial charge in [-0.15, -0.1) is 0 Å². The van der Waals surface area contributed by atoms with Crippen LogP contribution in [-0.4, -0.2) is 82.8 Å². The summed E-state index contributed by atoms with van der Waals surface area (Å²) in [7, 11) is -3.25. The summed E-state index contributed by atoms with van der Waals surface area (Å²) in [6.45, 7) is -3.43. The van der Waals surface area contributed by atoms with Gasteiger partial charge in [0.2, 0.25) is 5.95 Å². The van der Waals surface area contributed by atoms with Crippen molar-refractivity contribution >= 4 is 61.4 Å². The van der Waals surface area contributed by atoms with Gasteiger partial charge in [-0.2, -0.15) is 4.98 Å². The minimum absolute atomic E-state index is 0.0217. The Balaban J connectivity index is 1.15. The van der Waals surface area contributed by atoms with Gasteiger partial charge in [0.1, 0.15) is 42.5 Å². The van der Waals surface area contributed by atoms with Crippen LogP contribution in [0.4, 0.5) is 16.2 Å². The summed E-state index contributed by atoms with van der Waals surface area (Å²) in [6, 6.07) is 0. The van der Waals surface area contributed by atoms with Crippen molar-refractivity contribution in [2.24, 2.45) is 5.92 Å². The highest BCUT2D eigenvalue weighted by Gasteiger charge is 2.52. The maximum Gasteiger partial charge on any atom is 0.386 e. The Morgan fingerprint density at radius 1 is 1.05 bits per heavy atom. The molecule has 236 valence electrons. The number of nitrogens with one attached hydrogen (secondary N) is 1. The van der Waals surface area contributed by atoms with E-state index in [4.69, 9.17) is 39.0 Å². The van der Waals surface area contributed by atoms with E-state index in [-0.39, 0.29) is 34.1 Å². The number of alkyl halides is 1. The SMILES string of the molecule is C[C@@H]1[C@@H]2O[PH](=O)OC[C@H]3O[C@@H](n4cnc5c(N)ncnc54)[C@H](F)[C@@H]3O[P@](=O)(S)OC[C@H]2O[C@H]1n1cnc2c(=O)[nH]c(N)nc21. The first kappa shape index (κ1) is 29.7. The van der Waals surface area contributed by atoms with Gasteiger partial charge in [0, 0.05) is 5.92 Å². The van der Waals surface area contributed by atoms with Gasteiger partial charge in [0.15, 0.2) is 35.0 Å². The zero-order valence-electron chi connectivity index (χ0n) is 22.5. The average molecular weight is 675 g/mol. The van der Waals surface area contributed by atoms with Crippen LogP contribution in [-0.2, 0) is 36.7 Å². The molecule has 19 nitrogen and oxygen atoms in total. The molecule has 44 heavy (non-hydrogen) atoms. The fraction of sp³-hybridized carbons (Fsp3) is 0.524. The first-order valence-electron chi connectivity index (χ1n) is 13.1. The van der Waals surface area contributed by atoms with Crippen LogP contribution in [0.2, 0.25) is 0 Å². The second-order valence-electron chi connectivity index (χ2n) is 10.3. The number of hydrogen-bond acceptors (Lipinski definition) is 16. The molecule has 1 unspecified atom stereocenters. The lowest BCUT2D eigenvalue weighted by Crippen LogP contribution is -2.35. The van der Waals surface area contributed by atoms with Gasteiger partial charge in [-0.05, 0) is 0 Å². The quantitative estimate of drug-likeness (QED) is 0.172. The predicted molar refractivity (Wildman–Crippen MR) is 151 cm³/mol. The summed E-state index contributed by atoms with van der Waals surface area (Å²) in [5, 5.41) is 0. The highest BCUT2D eigenvalue weighted by atomic mass is 32.7. The number of thiol groups is 1. The molecule has 10 atom stereocenters. The van der Waals surface area contributed by atoms with E-state index in [0.29, 0.717) is 0 Å². The summed E-state index contributed by atoms with van der Waals surface area (Å²) in [6.07, 6.45) is -5.05. The number of rotatable bonds is 2. The number of ether oxygens (including phenoxy) is 2. The van der Waals surface area contributed by atoms with E-state index in [2.05, 4.69) is 42.2 Å². The smallest absolute Gasteiger partial charge is 0.382 e. The fourth-order valence-electron chi connectivity index (χ4n) is 5.53. The molecule has 3 aliphatic rings. The van der Waals surface area contributed by atoms with Crippen LogP contribution in [0.1, 0.15) is 19.4 Å². The van der Waals surface area contributed by atoms with E-state index in [1.54, 1.807) is 6.92 Å². The number of nitrogens with two attached hydrogens (primary N) is 2. The molecule has 7 heterocycles. The van der Waals surface area contributed by atoms with Crippen molar-refractivity contribution in [3.8, 4) is 0 Å². The second-order valence-corrected chi connectivity index (χ2v) is 14.2. The van der Waals surface area contributed by atoms with Gasteiger partial charge < -0.3 is 30.0 Å². The van der Waals surface area contributed by atoms with E-state index in [1.165, 1.54) is 28.1 Å². The Morgan fingerprint density at radius 3 is 2.55 bits per heavy atom. The zero-order chi connectivity index (χ0) is 30.9. The number of nitrogens with zero attached hydrogens (tertiary/aromatic N) is 7. The van der Waals surface area contributed by atoms with E-state index in [9.17, 15) is 13.9 Å². The van der Waals surface area contributed by atoms with Crippen molar-refractivity contribution in [2.75, 3.05) is 24.7 Å². The molecular formula is C21H25FN10O9P2S. The number of nitrogen functional groups attached to an aromatic ring is 2. The summed E-state index contributed by atoms with van der Waals surface area (Å²) < 4.78 is 79.5. The molecule has 23 heteroatoms. The summed E-state index contributed by atoms with van der Waals surface area (Å²) in [5.41, 5.74) is 11.6. The minimum Gasteiger partial charge on any atom is -0.382 e. The van der Waals surface area contributed by atoms with Crippen molar-refractivity contribution in [3.63, 3.8) is 0 Å². The Morgan fingerprint density at radius 2 is 1.75 bits per heavy atom. The molecule has 0 radical (unpaired) electrons. The van der Waals surface area contributed by atoms with Crippen molar-refractivity contribution in [1.29, 1.82) is 0 Å². The summed E-state index contributed by atoms with van der Waals surface area (Å²) in [4.78, 5) is 35.0. The molecule has 4 aromatic heterocycles.